The molecule has 0 radical (unpaired) electrons. The van der Waals surface area contributed by atoms with Gasteiger partial charge in [0.2, 0.25) is 6.79 Å². The van der Waals surface area contributed by atoms with E-state index in [-0.39, 0.29) is 24.6 Å². The maximum absolute atomic E-state index is 12.9. The summed E-state index contributed by atoms with van der Waals surface area (Å²) in [6, 6.07) is 13.6. The molecular weight excluding hydrogens is 442 g/mol. The van der Waals surface area contributed by atoms with Crippen LogP contribution in [-0.4, -0.2) is 42.3 Å². The zero-order valence-corrected chi connectivity index (χ0v) is 19.2. The van der Waals surface area contributed by atoms with Crippen molar-refractivity contribution in [1.29, 1.82) is 0 Å². The molecule has 3 aliphatic heterocycles. The Balaban J connectivity index is 1.22. The number of hydrogen-bond donors (Lipinski definition) is 2. The van der Waals surface area contributed by atoms with Gasteiger partial charge in [0.05, 0.1) is 0 Å². The molecule has 0 aromatic heterocycles. The second kappa shape index (κ2) is 9.23. The first kappa shape index (κ1) is 22.0. The van der Waals surface area contributed by atoms with Gasteiger partial charge < -0.3 is 14.8 Å². The van der Waals surface area contributed by atoms with Crippen molar-refractivity contribution in [2.75, 3.05) is 19.9 Å². The minimum Gasteiger partial charge on any atom is -0.454 e. The summed E-state index contributed by atoms with van der Waals surface area (Å²) in [6.07, 6.45) is 4.03. The van der Waals surface area contributed by atoms with Gasteiger partial charge in [-0.25, -0.2) is 4.79 Å². The maximum atomic E-state index is 12.9. The summed E-state index contributed by atoms with van der Waals surface area (Å²) >= 11 is 6.46. The molecule has 3 amide bonds. The minimum absolute atomic E-state index is 0.100. The van der Waals surface area contributed by atoms with E-state index in [1.807, 2.05) is 30.3 Å². The van der Waals surface area contributed by atoms with E-state index in [4.69, 9.17) is 21.1 Å². The van der Waals surface area contributed by atoms with Crippen LogP contribution in [0.3, 0.4) is 0 Å². The van der Waals surface area contributed by atoms with Crippen LogP contribution < -0.4 is 20.1 Å². The van der Waals surface area contributed by atoms with Crippen LogP contribution in [0.2, 0.25) is 5.02 Å². The van der Waals surface area contributed by atoms with Gasteiger partial charge in [-0.05, 0) is 68.3 Å². The molecule has 5 rings (SSSR count). The highest BCUT2D eigenvalue weighted by Gasteiger charge is 2.51. The number of rotatable bonds is 7. The van der Waals surface area contributed by atoms with Gasteiger partial charge in [0.25, 0.3) is 5.91 Å². The third-order valence-electron chi connectivity index (χ3n) is 7.07. The Morgan fingerprint density at radius 2 is 1.79 bits per heavy atom. The zero-order chi connectivity index (χ0) is 22.8. The van der Waals surface area contributed by atoms with Crippen LogP contribution in [0.15, 0.2) is 42.5 Å². The standard InChI is InChI=1S/C25H28ClN3O4/c26-20-14-22-21(32-16-33-22)13-18(20)15-29-11-8-19(9-12-29)25(23(30)27-24(31)28-25)10-4-7-17-5-2-1-3-6-17/h1-3,5-6,13-14,19H,4,7-12,15-16H2,(H2,27,28,30,31)/t25-/m1/s1. The van der Waals surface area contributed by atoms with Crippen molar-refractivity contribution in [3.8, 4) is 11.5 Å². The van der Waals surface area contributed by atoms with Gasteiger partial charge in [0.1, 0.15) is 5.54 Å². The number of fused-ring (bicyclic) bond motifs is 1. The SMILES string of the molecule is O=C1NC(=O)[C@@](CCCc2ccccc2)(C2CCN(Cc3cc4c(cc3Cl)OCO4)CC2)N1. The quantitative estimate of drug-likeness (QED) is 0.601. The second-order valence-electron chi connectivity index (χ2n) is 9.07. The van der Waals surface area contributed by atoms with Gasteiger partial charge in [-0.15, -0.1) is 0 Å². The number of halogens is 1. The number of hydrogen-bond acceptors (Lipinski definition) is 5. The van der Waals surface area contributed by atoms with Gasteiger partial charge in [-0.3, -0.25) is 15.0 Å². The minimum atomic E-state index is -0.825. The number of benzene rings is 2. The molecule has 0 unspecified atom stereocenters. The molecule has 174 valence electrons. The second-order valence-corrected chi connectivity index (χ2v) is 9.47. The van der Waals surface area contributed by atoms with E-state index in [2.05, 4.69) is 27.7 Å². The number of nitrogens with one attached hydrogen (secondary N) is 2. The lowest BCUT2D eigenvalue weighted by atomic mass is 9.74. The molecule has 2 fully saturated rings. The monoisotopic (exact) mass is 469 g/mol. The van der Waals surface area contributed by atoms with Gasteiger partial charge in [0.15, 0.2) is 11.5 Å². The van der Waals surface area contributed by atoms with Gasteiger partial charge in [-0.1, -0.05) is 41.9 Å². The first-order chi connectivity index (χ1) is 16.0. The molecule has 2 N–H and O–H groups in total. The lowest BCUT2D eigenvalue weighted by molar-refractivity contribution is -0.127. The normalized spacial score (nSPS) is 22.9. The van der Waals surface area contributed by atoms with E-state index >= 15 is 0 Å². The lowest BCUT2D eigenvalue weighted by Crippen LogP contribution is -2.56. The summed E-state index contributed by atoms with van der Waals surface area (Å²) < 4.78 is 10.9. The van der Waals surface area contributed by atoms with Crippen molar-refractivity contribution in [2.24, 2.45) is 5.92 Å². The van der Waals surface area contributed by atoms with Crippen molar-refractivity contribution in [2.45, 2.75) is 44.2 Å². The van der Waals surface area contributed by atoms with Crippen LogP contribution >= 0.6 is 11.6 Å². The maximum Gasteiger partial charge on any atom is 0.322 e. The number of ether oxygens (including phenoxy) is 2. The Bertz CT molecular complexity index is 1040. The average Bonchev–Trinajstić information content (AvgIpc) is 3.38. The molecule has 2 saturated heterocycles. The number of nitrogens with zero attached hydrogens (tertiary/aromatic N) is 1. The Morgan fingerprint density at radius 1 is 1.06 bits per heavy atom. The van der Waals surface area contributed by atoms with Crippen molar-refractivity contribution in [3.63, 3.8) is 0 Å². The number of amides is 3. The number of likely N-dealkylation sites (tertiary alicyclic amines) is 1. The number of aryl methyl sites for hydroxylation is 1. The fourth-order valence-electron chi connectivity index (χ4n) is 5.29. The fraction of sp³-hybridized carbons (Fsp3) is 0.440. The topological polar surface area (TPSA) is 79.9 Å². The molecule has 8 heteroatoms. The summed E-state index contributed by atoms with van der Waals surface area (Å²) in [5, 5.41) is 6.16. The van der Waals surface area contributed by atoms with E-state index < -0.39 is 5.54 Å². The molecule has 0 aliphatic carbocycles. The molecule has 2 aromatic rings. The number of imide groups is 1. The number of urea groups is 1. The smallest absolute Gasteiger partial charge is 0.322 e. The molecule has 3 aliphatic rings. The molecule has 2 aromatic carbocycles. The molecule has 0 saturated carbocycles. The van der Waals surface area contributed by atoms with Crippen molar-refractivity contribution in [3.05, 3.63) is 58.6 Å². The van der Waals surface area contributed by atoms with Crippen LogP contribution in [0, 0.1) is 5.92 Å². The van der Waals surface area contributed by atoms with Crippen LogP contribution in [0.1, 0.15) is 36.8 Å². The number of piperidine rings is 1. The molecule has 1 atom stereocenters. The van der Waals surface area contributed by atoms with Gasteiger partial charge in [0, 0.05) is 17.6 Å². The molecule has 33 heavy (non-hydrogen) atoms. The lowest BCUT2D eigenvalue weighted by Gasteiger charge is -2.41. The number of carbonyl (C=O) groups excluding carboxylic acids is 2. The highest BCUT2D eigenvalue weighted by molar-refractivity contribution is 6.31. The molecular formula is C25H28ClN3O4. The van der Waals surface area contributed by atoms with Gasteiger partial charge >= 0.3 is 6.03 Å². The highest BCUT2D eigenvalue weighted by Crippen LogP contribution is 2.39. The Morgan fingerprint density at radius 3 is 2.48 bits per heavy atom. The summed E-state index contributed by atoms with van der Waals surface area (Å²) in [5.74, 6) is 1.33. The van der Waals surface area contributed by atoms with E-state index in [9.17, 15) is 9.59 Å². The van der Waals surface area contributed by atoms with Crippen molar-refractivity contribution < 1.29 is 19.1 Å². The van der Waals surface area contributed by atoms with Crippen LogP contribution in [0.5, 0.6) is 11.5 Å². The Hall–Kier alpha value is -2.77. The fourth-order valence-corrected chi connectivity index (χ4v) is 5.51. The average molecular weight is 470 g/mol. The predicted octanol–water partition coefficient (Wildman–Crippen LogP) is 3.88. The Kier molecular flexibility index (Phi) is 6.17. The first-order valence-corrected chi connectivity index (χ1v) is 11.9. The zero-order valence-electron chi connectivity index (χ0n) is 18.4. The van der Waals surface area contributed by atoms with Crippen molar-refractivity contribution >= 4 is 23.5 Å². The van der Waals surface area contributed by atoms with Crippen LogP contribution in [-0.2, 0) is 17.8 Å². The summed E-state index contributed by atoms with van der Waals surface area (Å²) in [5.41, 5.74) is 1.42. The third kappa shape index (κ3) is 4.52. The van der Waals surface area contributed by atoms with Gasteiger partial charge in [-0.2, -0.15) is 0 Å². The van der Waals surface area contributed by atoms with E-state index in [0.29, 0.717) is 23.7 Å². The van der Waals surface area contributed by atoms with E-state index in [1.54, 1.807) is 0 Å². The third-order valence-corrected chi connectivity index (χ3v) is 7.42. The summed E-state index contributed by atoms with van der Waals surface area (Å²) in [7, 11) is 0. The molecule has 0 spiro atoms. The summed E-state index contributed by atoms with van der Waals surface area (Å²) in [6.45, 7) is 2.60. The molecule has 7 nitrogen and oxygen atoms in total. The van der Waals surface area contributed by atoms with E-state index in [0.717, 1.165) is 50.1 Å². The summed E-state index contributed by atoms with van der Waals surface area (Å²) in [4.78, 5) is 27.4. The number of carbonyl (C=O) groups is 2. The van der Waals surface area contributed by atoms with Crippen LogP contribution in [0.4, 0.5) is 4.79 Å². The van der Waals surface area contributed by atoms with E-state index in [1.165, 1.54) is 5.56 Å². The largest absolute Gasteiger partial charge is 0.454 e. The predicted molar refractivity (Wildman–Crippen MR) is 124 cm³/mol. The van der Waals surface area contributed by atoms with Crippen LogP contribution in [0.25, 0.3) is 0 Å². The molecule has 0 bridgehead atoms. The Labute approximate surface area is 198 Å². The van der Waals surface area contributed by atoms with Crippen molar-refractivity contribution in [1.82, 2.24) is 15.5 Å². The first-order valence-electron chi connectivity index (χ1n) is 11.5. The molecule has 3 heterocycles. The highest BCUT2D eigenvalue weighted by atomic mass is 35.5.